The standard InChI is InChI=1S/C15H11Cl3/c16-10-13(11-5-7-14(17)8-6-11)9-12-3-1-2-4-15(12)18/h1-9H,10H2/b13-9-. The van der Waals surface area contributed by atoms with Crippen LogP contribution in [0.2, 0.25) is 10.0 Å². The third-order valence-electron chi connectivity index (χ3n) is 2.59. The molecule has 0 unspecified atom stereocenters. The number of allylic oxidation sites excluding steroid dienone is 1. The van der Waals surface area contributed by atoms with Crippen LogP contribution in [0.4, 0.5) is 0 Å². The van der Waals surface area contributed by atoms with Gasteiger partial charge in [-0.1, -0.05) is 53.5 Å². The number of hydrogen-bond donors (Lipinski definition) is 0. The van der Waals surface area contributed by atoms with Crippen LogP contribution in [0.5, 0.6) is 0 Å². The highest BCUT2D eigenvalue weighted by molar-refractivity contribution is 6.32. The molecule has 0 saturated heterocycles. The van der Waals surface area contributed by atoms with Crippen LogP contribution in [0.3, 0.4) is 0 Å². The van der Waals surface area contributed by atoms with E-state index in [1.165, 1.54) is 0 Å². The minimum Gasteiger partial charge on any atom is -0.122 e. The molecule has 0 saturated carbocycles. The molecule has 0 bridgehead atoms. The Kier molecular flexibility index (Phi) is 4.71. The fraction of sp³-hybridized carbons (Fsp3) is 0.0667. The van der Waals surface area contributed by atoms with E-state index >= 15 is 0 Å². The van der Waals surface area contributed by atoms with Crippen LogP contribution in [0, 0.1) is 0 Å². The van der Waals surface area contributed by atoms with Gasteiger partial charge >= 0.3 is 0 Å². The lowest BCUT2D eigenvalue weighted by molar-refractivity contribution is 1.57. The van der Waals surface area contributed by atoms with Crippen molar-refractivity contribution in [1.29, 1.82) is 0 Å². The molecule has 0 N–H and O–H groups in total. The highest BCUT2D eigenvalue weighted by Gasteiger charge is 2.02. The highest BCUT2D eigenvalue weighted by atomic mass is 35.5. The van der Waals surface area contributed by atoms with Gasteiger partial charge in [-0.05, 0) is 41.0 Å². The maximum atomic E-state index is 6.13. The van der Waals surface area contributed by atoms with E-state index in [0.29, 0.717) is 15.9 Å². The van der Waals surface area contributed by atoms with Crippen LogP contribution in [0.15, 0.2) is 48.5 Å². The van der Waals surface area contributed by atoms with Crippen molar-refractivity contribution in [3.8, 4) is 0 Å². The average molecular weight is 298 g/mol. The van der Waals surface area contributed by atoms with Crippen molar-refractivity contribution in [3.63, 3.8) is 0 Å². The molecular formula is C15H11Cl3. The molecular weight excluding hydrogens is 287 g/mol. The first-order valence-corrected chi connectivity index (χ1v) is 6.77. The summed E-state index contributed by atoms with van der Waals surface area (Å²) in [5.74, 6) is 0.423. The first kappa shape index (κ1) is 13.5. The zero-order chi connectivity index (χ0) is 13.0. The summed E-state index contributed by atoms with van der Waals surface area (Å²) in [7, 11) is 0. The first-order chi connectivity index (χ1) is 8.70. The third-order valence-corrected chi connectivity index (χ3v) is 3.48. The van der Waals surface area contributed by atoms with Crippen LogP contribution in [-0.4, -0.2) is 5.88 Å². The number of benzene rings is 2. The summed E-state index contributed by atoms with van der Waals surface area (Å²) < 4.78 is 0. The molecule has 2 rings (SSSR count). The summed E-state index contributed by atoms with van der Waals surface area (Å²) in [4.78, 5) is 0. The quantitative estimate of drug-likeness (QED) is 0.498. The van der Waals surface area contributed by atoms with E-state index in [9.17, 15) is 0 Å². The van der Waals surface area contributed by atoms with Gasteiger partial charge in [0, 0.05) is 15.9 Å². The van der Waals surface area contributed by atoms with Gasteiger partial charge in [0.15, 0.2) is 0 Å². The van der Waals surface area contributed by atoms with Gasteiger partial charge in [-0.25, -0.2) is 0 Å². The van der Waals surface area contributed by atoms with E-state index in [4.69, 9.17) is 34.8 Å². The molecule has 0 nitrogen and oxygen atoms in total. The molecule has 0 heterocycles. The van der Waals surface area contributed by atoms with Gasteiger partial charge in [0.2, 0.25) is 0 Å². The Labute approximate surface area is 122 Å². The maximum Gasteiger partial charge on any atom is 0.0480 e. The lowest BCUT2D eigenvalue weighted by atomic mass is 10.0. The molecule has 0 spiro atoms. The number of rotatable bonds is 3. The average Bonchev–Trinajstić information content (AvgIpc) is 2.39. The summed E-state index contributed by atoms with van der Waals surface area (Å²) in [5, 5.41) is 1.43. The Morgan fingerprint density at radius 2 is 1.61 bits per heavy atom. The number of alkyl halides is 1. The van der Waals surface area contributed by atoms with Crippen molar-refractivity contribution in [3.05, 3.63) is 69.7 Å². The summed E-state index contributed by atoms with van der Waals surface area (Å²) in [6.07, 6.45) is 2.00. The van der Waals surface area contributed by atoms with Crippen LogP contribution in [0.25, 0.3) is 11.6 Å². The maximum absolute atomic E-state index is 6.13. The Bertz CT molecular complexity index is 556. The molecule has 0 aromatic heterocycles. The van der Waals surface area contributed by atoms with Gasteiger partial charge in [-0.3, -0.25) is 0 Å². The smallest absolute Gasteiger partial charge is 0.0480 e. The largest absolute Gasteiger partial charge is 0.122 e. The van der Waals surface area contributed by atoms with Gasteiger partial charge in [-0.15, -0.1) is 11.6 Å². The fourth-order valence-electron chi connectivity index (χ4n) is 1.64. The SMILES string of the molecule is ClC/C(=C/c1ccccc1Cl)c1ccc(Cl)cc1. The number of hydrogen-bond acceptors (Lipinski definition) is 0. The second-order valence-electron chi connectivity index (χ2n) is 3.83. The van der Waals surface area contributed by atoms with Crippen molar-refractivity contribution in [1.82, 2.24) is 0 Å². The molecule has 0 radical (unpaired) electrons. The van der Waals surface area contributed by atoms with Crippen LogP contribution >= 0.6 is 34.8 Å². The molecule has 0 aliphatic carbocycles. The third kappa shape index (κ3) is 3.29. The molecule has 2 aromatic carbocycles. The first-order valence-electron chi connectivity index (χ1n) is 5.47. The Morgan fingerprint density at radius 3 is 2.22 bits per heavy atom. The molecule has 3 heteroatoms. The monoisotopic (exact) mass is 296 g/mol. The van der Waals surface area contributed by atoms with E-state index in [-0.39, 0.29) is 0 Å². The minimum atomic E-state index is 0.423. The van der Waals surface area contributed by atoms with Gasteiger partial charge in [-0.2, -0.15) is 0 Å². The van der Waals surface area contributed by atoms with E-state index in [2.05, 4.69) is 0 Å². The van der Waals surface area contributed by atoms with E-state index in [1.54, 1.807) is 0 Å². The van der Waals surface area contributed by atoms with Crippen molar-refractivity contribution < 1.29 is 0 Å². The predicted octanol–water partition coefficient (Wildman–Crippen LogP) is 5.77. The van der Waals surface area contributed by atoms with E-state index < -0.39 is 0 Å². The minimum absolute atomic E-state index is 0.423. The second kappa shape index (κ2) is 6.29. The molecule has 0 amide bonds. The molecule has 0 aliphatic heterocycles. The van der Waals surface area contributed by atoms with Crippen LogP contribution in [0.1, 0.15) is 11.1 Å². The summed E-state index contributed by atoms with van der Waals surface area (Å²) >= 11 is 18.0. The summed E-state index contributed by atoms with van der Waals surface area (Å²) in [6.45, 7) is 0. The Hall–Kier alpha value is -0.950. The van der Waals surface area contributed by atoms with Gasteiger partial charge < -0.3 is 0 Å². The molecule has 18 heavy (non-hydrogen) atoms. The van der Waals surface area contributed by atoms with E-state index in [1.807, 2.05) is 54.6 Å². The van der Waals surface area contributed by atoms with Crippen LogP contribution < -0.4 is 0 Å². The molecule has 2 aromatic rings. The molecule has 92 valence electrons. The number of halogens is 3. The predicted molar refractivity (Wildman–Crippen MR) is 81.5 cm³/mol. The zero-order valence-electron chi connectivity index (χ0n) is 9.54. The van der Waals surface area contributed by atoms with Crippen molar-refractivity contribution in [2.75, 3.05) is 5.88 Å². The Morgan fingerprint density at radius 1 is 0.944 bits per heavy atom. The van der Waals surface area contributed by atoms with Crippen LogP contribution in [-0.2, 0) is 0 Å². The zero-order valence-corrected chi connectivity index (χ0v) is 11.8. The van der Waals surface area contributed by atoms with Crippen molar-refractivity contribution in [2.45, 2.75) is 0 Å². The van der Waals surface area contributed by atoms with E-state index in [0.717, 1.165) is 16.7 Å². The van der Waals surface area contributed by atoms with Gasteiger partial charge in [0.1, 0.15) is 0 Å². The van der Waals surface area contributed by atoms with Gasteiger partial charge in [0.25, 0.3) is 0 Å². The molecule has 0 atom stereocenters. The summed E-state index contributed by atoms with van der Waals surface area (Å²) in [6, 6.07) is 15.3. The highest BCUT2D eigenvalue weighted by Crippen LogP contribution is 2.24. The van der Waals surface area contributed by atoms with Crippen molar-refractivity contribution >= 4 is 46.5 Å². The normalized spacial score (nSPS) is 11.6. The lowest BCUT2D eigenvalue weighted by Gasteiger charge is -2.05. The lowest BCUT2D eigenvalue weighted by Crippen LogP contribution is -1.86. The molecule has 0 fully saturated rings. The fourth-order valence-corrected chi connectivity index (χ4v) is 2.19. The summed E-state index contributed by atoms with van der Waals surface area (Å²) in [5.41, 5.74) is 3.03. The molecule has 0 aliphatic rings. The second-order valence-corrected chi connectivity index (χ2v) is 4.94. The van der Waals surface area contributed by atoms with Gasteiger partial charge in [0.05, 0.1) is 0 Å². The Balaban J connectivity index is 2.40. The van der Waals surface area contributed by atoms with Crippen molar-refractivity contribution in [2.24, 2.45) is 0 Å². The topological polar surface area (TPSA) is 0 Å².